The molecule has 0 bridgehead atoms. The second kappa shape index (κ2) is 38.3. The summed E-state index contributed by atoms with van der Waals surface area (Å²) in [5.74, 6) is -0.659. The van der Waals surface area contributed by atoms with Crippen LogP contribution in [0.15, 0.2) is 97.2 Å². The zero-order chi connectivity index (χ0) is 35.0. The number of aliphatic hydroxyl groups excluding tert-OH is 1. The van der Waals surface area contributed by atoms with Gasteiger partial charge in [0, 0.05) is 12.8 Å². The van der Waals surface area contributed by atoms with E-state index >= 15 is 0 Å². The van der Waals surface area contributed by atoms with Crippen LogP contribution in [0.5, 0.6) is 0 Å². The van der Waals surface area contributed by atoms with Crippen molar-refractivity contribution < 1.29 is 24.2 Å². The number of esters is 2. The van der Waals surface area contributed by atoms with E-state index in [1.165, 1.54) is 25.7 Å². The van der Waals surface area contributed by atoms with E-state index in [0.717, 1.165) is 89.9 Å². The average Bonchev–Trinajstić information content (AvgIpc) is 3.09. The minimum absolute atomic E-state index is 0.153. The number of aliphatic hydroxyl groups is 1. The molecule has 48 heavy (non-hydrogen) atoms. The molecule has 0 unspecified atom stereocenters. The van der Waals surface area contributed by atoms with Gasteiger partial charge in [-0.2, -0.15) is 0 Å². The Hall–Kier alpha value is -3.18. The first-order valence-electron chi connectivity index (χ1n) is 18.8. The standard InChI is InChI=1S/C43H68O5/c1-3-5-7-9-11-13-15-17-19-20-21-22-24-26-28-30-32-34-36-38-43(46)48-40-41(44)39-47-42(45)37-35-33-31-29-27-25-23-18-16-14-12-10-8-6-4-2/h6,8,11-14,17-19,21-23,26-29,41,44H,3-5,7,9-10,15-16,20,24-25,30-40H2,1-2H3/b8-6-,13-11-,14-12-,19-17-,22-21-,23-18-,28-26-,29-27-/t41-/m0/s1. The first-order chi connectivity index (χ1) is 23.6. The third-order valence-electron chi connectivity index (χ3n) is 7.30. The Morgan fingerprint density at radius 1 is 0.458 bits per heavy atom. The van der Waals surface area contributed by atoms with Crippen molar-refractivity contribution in [3.8, 4) is 0 Å². The maximum Gasteiger partial charge on any atom is 0.305 e. The summed E-state index contributed by atoms with van der Waals surface area (Å²) >= 11 is 0. The predicted octanol–water partition coefficient (Wildman–Crippen LogP) is 11.7. The Morgan fingerprint density at radius 2 is 0.792 bits per heavy atom. The third-order valence-corrected chi connectivity index (χ3v) is 7.30. The summed E-state index contributed by atoms with van der Waals surface area (Å²) in [6, 6.07) is 0. The second-order valence-corrected chi connectivity index (χ2v) is 12.0. The number of allylic oxidation sites excluding steroid dienone is 16. The molecule has 0 spiro atoms. The Balaban J connectivity index is 3.62. The van der Waals surface area contributed by atoms with Gasteiger partial charge in [-0.25, -0.2) is 0 Å². The molecule has 0 aromatic carbocycles. The molecule has 0 fully saturated rings. The Kier molecular flexibility index (Phi) is 35.7. The Bertz CT molecular complexity index is 979. The van der Waals surface area contributed by atoms with Crippen LogP contribution in [-0.2, 0) is 19.1 Å². The van der Waals surface area contributed by atoms with Crippen molar-refractivity contribution in [2.75, 3.05) is 13.2 Å². The van der Waals surface area contributed by atoms with Crippen molar-refractivity contribution in [3.05, 3.63) is 97.2 Å². The summed E-state index contributed by atoms with van der Waals surface area (Å²) in [6.07, 6.45) is 53.1. The highest BCUT2D eigenvalue weighted by molar-refractivity contribution is 5.69. The van der Waals surface area contributed by atoms with E-state index in [0.29, 0.717) is 12.8 Å². The lowest BCUT2D eigenvalue weighted by Gasteiger charge is -2.12. The molecular formula is C43H68O5. The molecule has 0 saturated heterocycles. The summed E-state index contributed by atoms with van der Waals surface area (Å²) in [5, 5.41) is 9.99. The molecule has 0 aromatic rings. The van der Waals surface area contributed by atoms with Crippen molar-refractivity contribution in [1.82, 2.24) is 0 Å². The maximum atomic E-state index is 12.0. The van der Waals surface area contributed by atoms with Crippen molar-refractivity contribution in [2.24, 2.45) is 0 Å². The van der Waals surface area contributed by atoms with E-state index in [4.69, 9.17) is 9.47 Å². The van der Waals surface area contributed by atoms with E-state index in [-0.39, 0.29) is 25.2 Å². The van der Waals surface area contributed by atoms with Gasteiger partial charge in [0.15, 0.2) is 0 Å². The SMILES string of the molecule is CC/C=C\C/C=C\C/C=C\C/C=C\CCCCC(=O)OC[C@H](O)COC(=O)CCCCC/C=C\C/C=C\C/C=C\C/C=C\CCCCC. The van der Waals surface area contributed by atoms with Gasteiger partial charge in [0.25, 0.3) is 0 Å². The van der Waals surface area contributed by atoms with Crippen molar-refractivity contribution >= 4 is 11.9 Å². The van der Waals surface area contributed by atoms with Crippen LogP contribution < -0.4 is 0 Å². The summed E-state index contributed by atoms with van der Waals surface area (Å²) in [5.41, 5.74) is 0. The molecule has 0 rings (SSSR count). The topological polar surface area (TPSA) is 72.8 Å². The molecule has 0 aliphatic rings. The number of hydrogen-bond donors (Lipinski definition) is 1. The maximum absolute atomic E-state index is 12.0. The summed E-state index contributed by atoms with van der Waals surface area (Å²) in [6.45, 7) is 4.07. The van der Waals surface area contributed by atoms with E-state index in [9.17, 15) is 14.7 Å². The third kappa shape index (κ3) is 37.3. The van der Waals surface area contributed by atoms with Gasteiger partial charge in [-0.15, -0.1) is 0 Å². The Labute approximate surface area is 294 Å². The Morgan fingerprint density at radius 3 is 1.19 bits per heavy atom. The van der Waals surface area contributed by atoms with Gasteiger partial charge in [0.2, 0.25) is 0 Å². The van der Waals surface area contributed by atoms with Gasteiger partial charge in [-0.3, -0.25) is 9.59 Å². The van der Waals surface area contributed by atoms with Gasteiger partial charge in [-0.1, -0.05) is 130 Å². The molecule has 0 aromatic heterocycles. The van der Waals surface area contributed by atoms with E-state index in [1.54, 1.807) is 0 Å². The molecule has 1 N–H and O–H groups in total. The lowest BCUT2D eigenvalue weighted by Crippen LogP contribution is -2.25. The van der Waals surface area contributed by atoms with Crippen LogP contribution in [0, 0.1) is 0 Å². The fourth-order valence-corrected chi connectivity index (χ4v) is 4.47. The minimum Gasteiger partial charge on any atom is -0.463 e. The first kappa shape index (κ1) is 44.8. The highest BCUT2D eigenvalue weighted by Gasteiger charge is 2.11. The predicted molar refractivity (Wildman–Crippen MR) is 205 cm³/mol. The first-order valence-corrected chi connectivity index (χ1v) is 18.8. The number of hydrogen-bond acceptors (Lipinski definition) is 5. The minimum atomic E-state index is -1.00. The van der Waals surface area contributed by atoms with Crippen LogP contribution in [-0.4, -0.2) is 36.4 Å². The van der Waals surface area contributed by atoms with E-state index in [2.05, 4.69) is 111 Å². The van der Waals surface area contributed by atoms with Crippen molar-refractivity contribution in [2.45, 2.75) is 148 Å². The monoisotopic (exact) mass is 665 g/mol. The molecule has 0 heterocycles. The van der Waals surface area contributed by atoms with Crippen molar-refractivity contribution in [1.29, 1.82) is 0 Å². The van der Waals surface area contributed by atoms with Gasteiger partial charge in [0.05, 0.1) is 0 Å². The molecule has 0 radical (unpaired) electrons. The molecule has 0 saturated carbocycles. The average molecular weight is 665 g/mol. The zero-order valence-electron chi connectivity index (χ0n) is 30.5. The molecule has 0 aliphatic heterocycles. The molecule has 5 heteroatoms. The van der Waals surface area contributed by atoms with Gasteiger partial charge >= 0.3 is 11.9 Å². The second-order valence-electron chi connectivity index (χ2n) is 12.0. The fourth-order valence-electron chi connectivity index (χ4n) is 4.47. The summed E-state index contributed by atoms with van der Waals surface area (Å²) in [7, 11) is 0. The number of carbonyl (C=O) groups is 2. The zero-order valence-corrected chi connectivity index (χ0v) is 30.5. The van der Waals surface area contributed by atoms with Gasteiger partial charge in [0.1, 0.15) is 19.3 Å². The number of carbonyl (C=O) groups excluding carboxylic acids is 2. The van der Waals surface area contributed by atoms with E-state index in [1.807, 2.05) is 0 Å². The summed E-state index contributed by atoms with van der Waals surface area (Å²) < 4.78 is 10.3. The lowest BCUT2D eigenvalue weighted by molar-refractivity contribution is -0.152. The fraction of sp³-hybridized carbons (Fsp3) is 0.581. The van der Waals surface area contributed by atoms with Crippen LogP contribution in [0.4, 0.5) is 0 Å². The molecule has 0 aliphatic carbocycles. The summed E-state index contributed by atoms with van der Waals surface area (Å²) in [4.78, 5) is 23.9. The largest absolute Gasteiger partial charge is 0.463 e. The van der Waals surface area contributed by atoms with Gasteiger partial charge < -0.3 is 14.6 Å². The van der Waals surface area contributed by atoms with Crippen LogP contribution >= 0.6 is 0 Å². The van der Waals surface area contributed by atoms with E-state index < -0.39 is 6.10 Å². The quantitative estimate of drug-likeness (QED) is 0.0440. The number of unbranched alkanes of at least 4 members (excludes halogenated alkanes) is 8. The molecule has 0 amide bonds. The molecule has 5 nitrogen and oxygen atoms in total. The normalized spacial score (nSPS) is 13.3. The van der Waals surface area contributed by atoms with Crippen LogP contribution in [0.25, 0.3) is 0 Å². The molecular weight excluding hydrogens is 596 g/mol. The van der Waals surface area contributed by atoms with Gasteiger partial charge in [-0.05, 0) is 96.3 Å². The molecule has 270 valence electrons. The lowest BCUT2D eigenvalue weighted by atomic mass is 10.1. The highest BCUT2D eigenvalue weighted by Crippen LogP contribution is 2.07. The highest BCUT2D eigenvalue weighted by atomic mass is 16.6. The van der Waals surface area contributed by atoms with Crippen molar-refractivity contribution in [3.63, 3.8) is 0 Å². The number of ether oxygens (including phenoxy) is 2. The smallest absolute Gasteiger partial charge is 0.305 e. The molecule has 1 atom stereocenters. The van der Waals surface area contributed by atoms with Crippen LogP contribution in [0.3, 0.4) is 0 Å². The number of rotatable bonds is 32. The van der Waals surface area contributed by atoms with Crippen LogP contribution in [0.2, 0.25) is 0 Å². The van der Waals surface area contributed by atoms with Crippen LogP contribution in [0.1, 0.15) is 142 Å².